The lowest BCUT2D eigenvalue weighted by Gasteiger charge is -2.28. The third-order valence-electron chi connectivity index (χ3n) is 3.85. The van der Waals surface area contributed by atoms with Gasteiger partial charge in [0.05, 0.1) is 26.1 Å². The number of hydrogen-bond donors (Lipinski definition) is 1. The van der Waals surface area contributed by atoms with Crippen molar-refractivity contribution in [2.45, 2.75) is 6.42 Å². The molecule has 1 aromatic carbocycles. The van der Waals surface area contributed by atoms with E-state index in [4.69, 9.17) is 9.47 Å². The van der Waals surface area contributed by atoms with Gasteiger partial charge in [0.15, 0.2) is 5.82 Å². The average molecular weight is 314 g/mol. The van der Waals surface area contributed by atoms with Crippen LogP contribution in [0.15, 0.2) is 36.7 Å². The van der Waals surface area contributed by atoms with Gasteiger partial charge in [0, 0.05) is 32.6 Å². The summed E-state index contributed by atoms with van der Waals surface area (Å²) in [4.78, 5) is 11.0. The number of nitrogens with one attached hydrogen (secondary N) is 1. The van der Waals surface area contributed by atoms with Crippen molar-refractivity contribution in [3.63, 3.8) is 0 Å². The van der Waals surface area contributed by atoms with Gasteiger partial charge in [-0.2, -0.15) is 4.98 Å². The first-order valence-electron chi connectivity index (χ1n) is 7.89. The molecule has 122 valence electrons. The maximum Gasteiger partial charge on any atom is 0.234 e. The average Bonchev–Trinajstić information content (AvgIpc) is 2.63. The van der Waals surface area contributed by atoms with Crippen LogP contribution in [0.1, 0.15) is 5.56 Å². The number of benzene rings is 1. The number of rotatable bonds is 6. The van der Waals surface area contributed by atoms with Gasteiger partial charge in [-0.1, -0.05) is 18.2 Å². The Hall–Kier alpha value is -2.34. The van der Waals surface area contributed by atoms with Crippen molar-refractivity contribution in [3.05, 3.63) is 42.2 Å². The molecule has 1 aromatic heterocycles. The van der Waals surface area contributed by atoms with E-state index in [0.29, 0.717) is 12.5 Å². The van der Waals surface area contributed by atoms with Crippen LogP contribution in [-0.4, -0.2) is 49.9 Å². The van der Waals surface area contributed by atoms with Crippen LogP contribution in [0.4, 0.5) is 5.82 Å². The highest BCUT2D eigenvalue weighted by molar-refractivity contribution is 5.38. The number of methoxy groups -OCH3 is 1. The highest BCUT2D eigenvalue weighted by Gasteiger charge is 2.12. The van der Waals surface area contributed by atoms with Gasteiger partial charge < -0.3 is 19.7 Å². The van der Waals surface area contributed by atoms with Crippen LogP contribution >= 0.6 is 0 Å². The minimum atomic E-state index is 0.542. The summed E-state index contributed by atoms with van der Waals surface area (Å²) in [5, 5.41) is 3.33. The molecular weight excluding hydrogens is 292 g/mol. The van der Waals surface area contributed by atoms with Crippen molar-refractivity contribution in [1.29, 1.82) is 0 Å². The number of para-hydroxylation sites is 1. The molecule has 0 atom stereocenters. The Labute approximate surface area is 136 Å². The molecule has 1 N–H and O–H groups in total. The predicted molar refractivity (Wildman–Crippen MR) is 89.3 cm³/mol. The molecule has 1 aliphatic heterocycles. The second-order valence-electron chi connectivity index (χ2n) is 5.36. The minimum Gasteiger partial charge on any atom is -0.496 e. The Morgan fingerprint density at radius 1 is 1.17 bits per heavy atom. The monoisotopic (exact) mass is 314 g/mol. The Kier molecular flexibility index (Phi) is 5.26. The highest BCUT2D eigenvalue weighted by atomic mass is 16.5. The normalized spacial score (nSPS) is 14.6. The van der Waals surface area contributed by atoms with Gasteiger partial charge in [-0.15, -0.1) is 0 Å². The second kappa shape index (κ2) is 7.78. The third kappa shape index (κ3) is 4.10. The van der Waals surface area contributed by atoms with Gasteiger partial charge in [0.25, 0.3) is 0 Å². The Bertz CT molecular complexity index is 629. The van der Waals surface area contributed by atoms with Gasteiger partial charge in [-0.3, -0.25) is 4.98 Å². The van der Waals surface area contributed by atoms with Crippen molar-refractivity contribution < 1.29 is 9.47 Å². The second-order valence-corrected chi connectivity index (χ2v) is 5.36. The quantitative estimate of drug-likeness (QED) is 0.872. The molecule has 1 fully saturated rings. The van der Waals surface area contributed by atoms with Crippen LogP contribution in [0.5, 0.6) is 11.6 Å². The van der Waals surface area contributed by atoms with Gasteiger partial charge in [0.2, 0.25) is 5.88 Å². The molecule has 3 rings (SSSR count). The van der Waals surface area contributed by atoms with Crippen LogP contribution < -0.4 is 19.7 Å². The summed E-state index contributed by atoms with van der Waals surface area (Å²) < 4.78 is 11.1. The molecule has 0 amide bonds. The maximum atomic E-state index is 5.77. The Morgan fingerprint density at radius 3 is 2.83 bits per heavy atom. The topological polar surface area (TPSA) is 59.5 Å². The van der Waals surface area contributed by atoms with E-state index in [0.717, 1.165) is 49.7 Å². The van der Waals surface area contributed by atoms with E-state index in [-0.39, 0.29) is 0 Å². The first-order valence-corrected chi connectivity index (χ1v) is 7.89. The SMILES string of the molecule is COc1ccccc1CCOc1cncc(N2CCNCC2)n1. The first-order chi connectivity index (χ1) is 11.4. The van der Waals surface area contributed by atoms with E-state index < -0.39 is 0 Å². The number of anilines is 1. The van der Waals surface area contributed by atoms with Crippen molar-refractivity contribution in [2.75, 3.05) is 44.8 Å². The number of hydrogen-bond acceptors (Lipinski definition) is 6. The first kappa shape index (κ1) is 15.6. The van der Waals surface area contributed by atoms with Crippen molar-refractivity contribution >= 4 is 5.82 Å². The highest BCUT2D eigenvalue weighted by Crippen LogP contribution is 2.19. The molecular formula is C17H22N4O2. The van der Waals surface area contributed by atoms with E-state index >= 15 is 0 Å². The molecule has 0 saturated carbocycles. The maximum absolute atomic E-state index is 5.77. The summed E-state index contributed by atoms with van der Waals surface area (Å²) in [7, 11) is 1.68. The molecule has 6 nitrogen and oxygen atoms in total. The smallest absolute Gasteiger partial charge is 0.234 e. The van der Waals surface area contributed by atoms with Crippen molar-refractivity contribution in [2.24, 2.45) is 0 Å². The molecule has 0 radical (unpaired) electrons. The van der Waals surface area contributed by atoms with Crippen molar-refractivity contribution in [3.8, 4) is 11.6 Å². The van der Waals surface area contributed by atoms with Gasteiger partial charge in [-0.25, -0.2) is 0 Å². The summed E-state index contributed by atoms with van der Waals surface area (Å²) in [6, 6.07) is 7.97. The van der Waals surface area contributed by atoms with E-state index in [1.807, 2.05) is 24.3 Å². The lowest BCUT2D eigenvalue weighted by Crippen LogP contribution is -2.43. The molecule has 0 aliphatic carbocycles. The molecule has 1 aliphatic rings. The molecule has 0 bridgehead atoms. The van der Waals surface area contributed by atoms with E-state index in [1.54, 1.807) is 19.5 Å². The molecule has 6 heteroatoms. The zero-order chi connectivity index (χ0) is 15.9. The van der Waals surface area contributed by atoms with Crippen LogP contribution in [0.25, 0.3) is 0 Å². The fraction of sp³-hybridized carbons (Fsp3) is 0.412. The van der Waals surface area contributed by atoms with Crippen LogP contribution in [-0.2, 0) is 6.42 Å². The zero-order valence-corrected chi connectivity index (χ0v) is 13.4. The van der Waals surface area contributed by atoms with Crippen molar-refractivity contribution in [1.82, 2.24) is 15.3 Å². The molecule has 2 aromatic rings. The fourth-order valence-electron chi connectivity index (χ4n) is 2.63. The Morgan fingerprint density at radius 2 is 2.00 bits per heavy atom. The van der Waals surface area contributed by atoms with Crippen LogP contribution in [0, 0.1) is 0 Å². The molecule has 0 spiro atoms. The lowest BCUT2D eigenvalue weighted by atomic mass is 10.1. The summed E-state index contributed by atoms with van der Waals surface area (Å²) in [5.41, 5.74) is 1.13. The summed E-state index contributed by atoms with van der Waals surface area (Å²) in [6.07, 6.45) is 4.22. The number of ether oxygens (including phenoxy) is 2. The standard InChI is InChI=1S/C17H22N4O2/c1-22-15-5-3-2-4-14(15)6-11-23-17-13-19-12-16(20-17)21-9-7-18-8-10-21/h2-5,12-13,18H,6-11H2,1H3. The number of piperazine rings is 1. The summed E-state index contributed by atoms with van der Waals surface area (Å²) >= 11 is 0. The predicted octanol–water partition coefficient (Wildman–Crippen LogP) is 1.52. The van der Waals surface area contributed by atoms with E-state index in [9.17, 15) is 0 Å². The molecule has 23 heavy (non-hydrogen) atoms. The number of nitrogens with zero attached hydrogens (tertiary/aromatic N) is 3. The van der Waals surface area contributed by atoms with Crippen LogP contribution in [0.2, 0.25) is 0 Å². The summed E-state index contributed by atoms with van der Waals surface area (Å²) in [5.74, 6) is 2.33. The number of aromatic nitrogens is 2. The minimum absolute atomic E-state index is 0.542. The van der Waals surface area contributed by atoms with E-state index in [1.165, 1.54) is 0 Å². The third-order valence-corrected chi connectivity index (χ3v) is 3.85. The summed E-state index contributed by atoms with van der Waals surface area (Å²) in [6.45, 7) is 4.37. The van der Waals surface area contributed by atoms with Crippen LogP contribution in [0.3, 0.4) is 0 Å². The molecule has 1 saturated heterocycles. The Balaban J connectivity index is 1.58. The zero-order valence-electron chi connectivity index (χ0n) is 13.4. The molecule has 0 unspecified atom stereocenters. The van der Waals surface area contributed by atoms with Gasteiger partial charge >= 0.3 is 0 Å². The lowest BCUT2D eigenvalue weighted by molar-refractivity contribution is 0.305. The van der Waals surface area contributed by atoms with E-state index in [2.05, 4.69) is 20.2 Å². The largest absolute Gasteiger partial charge is 0.496 e. The molecule has 2 heterocycles. The van der Waals surface area contributed by atoms with Gasteiger partial charge in [0.1, 0.15) is 5.75 Å². The fourth-order valence-corrected chi connectivity index (χ4v) is 2.63. The van der Waals surface area contributed by atoms with Gasteiger partial charge in [-0.05, 0) is 11.6 Å².